The van der Waals surface area contributed by atoms with E-state index >= 15 is 0 Å². The third kappa shape index (κ3) is 7.26. The smallest absolute Gasteiger partial charge is 0.338 e. The van der Waals surface area contributed by atoms with Crippen LogP contribution in [0.4, 0.5) is 0 Å². The van der Waals surface area contributed by atoms with Crippen molar-refractivity contribution >= 4 is 17.7 Å². The lowest BCUT2D eigenvalue weighted by atomic mass is 9.94. The van der Waals surface area contributed by atoms with Crippen LogP contribution in [0, 0.1) is 0 Å². The number of hydrogen-bond donors (Lipinski definition) is 0. The number of esters is 2. The summed E-state index contributed by atoms with van der Waals surface area (Å²) < 4.78 is 21.9. The van der Waals surface area contributed by atoms with Crippen molar-refractivity contribution in [2.24, 2.45) is 0 Å². The van der Waals surface area contributed by atoms with Gasteiger partial charge in [0.1, 0.15) is 11.5 Å². The van der Waals surface area contributed by atoms with Gasteiger partial charge in [0.15, 0.2) is 0 Å². The second-order valence-electron chi connectivity index (χ2n) is 10.3. The third-order valence-corrected chi connectivity index (χ3v) is 6.90. The monoisotopic (exact) mass is 590 g/mol. The fourth-order valence-electron chi connectivity index (χ4n) is 4.56. The van der Waals surface area contributed by atoms with E-state index < -0.39 is 17.7 Å². The van der Waals surface area contributed by atoms with Gasteiger partial charge in [-0.15, -0.1) is 0 Å². The molecule has 44 heavy (non-hydrogen) atoms. The quantitative estimate of drug-likeness (QED) is 0.0417. The Morgan fingerprint density at radius 3 is 1.45 bits per heavy atom. The average molecular weight is 591 g/mol. The average Bonchev–Trinajstić information content (AvgIpc) is 3.02. The molecule has 0 bridgehead atoms. The van der Waals surface area contributed by atoms with Gasteiger partial charge in [0.25, 0.3) is 5.79 Å². The van der Waals surface area contributed by atoms with Gasteiger partial charge in [-0.2, -0.15) is 0 Å². The summed E-state index contributed by atoms with van der Waals surface area (Å²) in [5, 5.41) is 0. The van der Waals surface area contributed by atoms with Crippen molar-refractivity contribution in [1.82, 2.24) is 0 Å². The van der Waals surface area contributed by atoms with Crippen molar-refractivity contribution in [3.8, 4) is 33.8 Å². The van der Waals surface area contributed by atoms with Crippen LogP contribution >= 0.6 is 0 Å². The molecule has 0 saturated carbocycles. The number of benzene rings is 4. The Morgan fingerprint density at radius 1 is 0.614 bits per heavy atom. The summed E-state index contributed by atoms with van der Waals surface area (Å²) in [6.45, 7) is 10.7. The molecular formula is C37H34O7. The Kier molecular flexibility index (Phi) is 10.1. The fraction of sp³-hybridized carbons (Fsp3) is 0.162. The third-order valence-electron chi connectivity index (χ3n) is 6.90. The first kappa shape index (κ1) is 31.8. The molecule has 0 aliphatic heterocycles. The molecule has 224 valence electrons. The molecule has 0 N–H and O–H groups in total. The first-order valence-corrected chi connectivity index (χ1v) is 13.9. The first-order chi connectivity index (χ1) is 21.1. The van der Waals surface area contributed by atoms with Crippen molar-refractivity contribution in [2.45, 2.75) is 26.1 Å². The summed E-state index contributed by atoms with van der Waals surface area (Å²) in [4.78, 5) is 37.4. The lowest BCUT2D eigenvalue weighted by Gasteiger charge is -2.30. The van der Waals surface area contributed by atoms with Crippen molar-refractivity contribution in [2.75, 3.05) is 14.2 Å². The van der Waals surface area contributed by atoms with E-state index in [2.05, 4.69) is 13.2 Å². The van der Waals surface area contributed by atoms with Gasteiger partial charge in [-0.1, -0.05) is 79.4 Å². The van der Waals surface area contributed by atoms with Crippen LogP contribution in [-0.2, 0) is 24.8 Å². The number of methoxy groups -OCH3 is 2. The minimum Gasteiger partial charge on any atom is -0.426 e. The Hall–Kier alpha value is -5.11. The molecule has 7 heteroatoms. The molecule has 0 heterocycles. The maximum atomic E-state index is 13.7. The van der Waals surface area contributed by atoms with Crippen molar-refractivity contribution in [1.29, 1.82) is 0 Å². The van der Waals surface area contributed by atoms with Crippen LogP contribution in [0.25, 0.3) is 22.3 Å². The molecule has 0 spiro atoms. The summed E-state index contributed by atoms with van der Waals surface area (Å²) in [6, 6.07) is 28.9. The molecule has 0 aliphatic rings. The molecule has 0 unspecified atom stereocenters. The standard InChI is InChI=1S/C37H34O7/c1-24(2)23-34(38)43-32-21-17-31(18-22-32)37(41-5,42-6)35(39)30-13-11-28(12-14-30)26-7-9-27(10-8-26)29-15-19-33(20-16-29)44-36(40)25(3)4/h7-22H,1,3,23H2,2,4-6H3. The molecule has 0 atom stereocenters. The van der Waals surface area contributed by atoms with E-state index in [-0.39, 0.29) is 12.2 Å². The highest BCUT2D eigenvalue weighted by Crippen LogP contribution is 2.33. The predicted molar refractivity (Wildman–Crippen MR) is 169 cm³/mol. The normalized spacial score (nSPS) is 11.0. The van der Waals surface area contributed by atoms with Crippen LogP contribution in [0.2, 0.25) is 0 Å². The van der Waals surface area contributed by atoms with Crippen LogP contribution in [-0.4, -0.2) is 31.9 Å². The number of rotatable bonds is 12. The largest absolute Gasteiger partial charge is 0.426 e. The molecule has 0 aliphatic carbocycles. The lowest BCUT2D eigenvalue weighted by Crippen LogP contribution is -2.40. The van der Waals surface area contributed by atoms with Crippen molar-refractivity contribution < 1.29 is 33.3 Å². The minimum atomic E-state index is -1.69. The van der Waals surface area contributed by atoms with Gasteiger partial charge < -0.3 is 18.9 Å². The Labute approximate surface area is 257 Å². The predicted octanol–water partition coefficient (Wildman–Crippen LogP) is 7.70. The van der Waals surface area contributed by atoms with Gasteiger partial charge in [0.2, 0.25) is 5.78 Å². The van der Waals surface area contributed by atoms with Crippen molar-refractivity contribution in [3.05, 3.63) is 132 Å². The zero-order valence-electron chi connectivity index (χ0n) is 25.2. The lowest BCUT2D eigenvalue weighted by molar-refractivity contribution is -0.176. The molecule has 0 saturated heterocycles. The minimum absolute atomic E-state index is 0.116. The number of Topliss-reactive ketones (excluding diaryl/α,β-unsaturated/α-hetero) is 1. The van der Waals surface area contributed by atoms with Crippen LogP contribution in [0.3, 0.4) is 0 Å². The highest BCUT2D eigenvalue weighted by atomic mass is 16.7. The number of carbonyl (C=O) groups is 3. The van der Waals surface area contributed by atoms with Gasteiger partial charge in [-0.3, -0.25) is 9.59 Å². The van der Waals surface area contributed by atoms with Crippen LogP contribution < -0.4 is 9.47 Å². The van der Waals surface area contributed by atoms with Gasteiger partial charge in [0.05, 0.1) is 6.42 Å². The molecule has 0 fully saturated rings. The maximum Gasteiger partial charge on any atom is 0.338 e. The Morgan fingerprint density at radius 2 is 1.02 bits per heavy atom. The molecule has 0 radical (unpaired) electrons. The van der Waals surface area contributed by atoms with Crippen molar-refractivity contribution in [3.63, 3.8) is 0 Å². The molecular weight excluding hydrogens is 556 g/mol. The van der Waals surface area contributed by atoms with Gasteiger partial charge in [0, 0.05) is 30.9 Å². The highest BCUT2D eigenvalue weighted by molar-refractivity contribution is 6.02. The summed E-state index contributed by atoms with van der Waals surface area (Å²) >= 11 is 0. The number of hydrogen-bond acceptors (Lipinski definition) is 7. The van der Waals surface area contributed by atoms with Gasteiger partial charge >= 0.3 is 11.9 Å². The molecule has 4 rings (SSSR count). The maximum absolute atomic E-state index is 13.7. The topological polar surface area (TPSA) is 88.1 Å². The van der Waals surface area contributed by atoms with E-state index in [4.69, 9.17) is 18.9 Å². The SMILES string of the molecule is C=C(C)CC(=O)Oc1ccc(C(OC)(OC)C(=O)c2ccc(-c3ccc(-c4ccc(OC(=O)C(=C)C)cc4)cc3)cc2)cc1. The second-order valence-corrected chi connectivity index (χ2v) is 10.3. The van der Waals surface area contributed by atoms with Crippen LogP contribution in [0.1, 0.15) is 36.2 Å². The molecule has 4 aromatic rings. The van der Waals surface area contributed by atoms with E-state index in [0.717, 1.165) is 22.3 Å². The summed E-state index contributed by atoms with van der Waals surface area (Å²) in [5.74, 6) is -2.16. The van der Waals surface area contributed by atoms with E-state index in [0.29, 0.717) is 33.8 Å². The van der Waals surface area contributed by atoms with E-state index in [1.54, 1.807) is 62.4 Å². The Balaban J connectivity index is 1.48. The van der Waals surface area contributed by atoms with E-state index in [9.17, 15) is 14.4 Å². The number of ketones is 1. The fourth-order valence-corrected chi connectivity index (χ4v) is 4.56. The van der Waals surface area contributed by atoms with E-state index in [1.807, 2.05) is 48.5 Å². The molecule has 4 aromatic carbocycles. The molecule has 0 amide bonds. The number of ether oxygens (including phenoxy) is 4. The number of carbonyl (C=O) groups excluding carboxylic acids is 3. The Bertz CT molecular complexity index is 1660. The second kappa shape index (κ2) is 13.9. The highest BCUT2D eigenvalue weighted by Gasteiger charge is 2.41. The molecule has 0 aromatic heterocycles. The van der Waals surface area contributed by atoms with Crippen LogP contribution in [0.15, 0.2) is 121 Å². The molecule has 7 nitrogen and oxygen atoms in total. The van der Waals surface area contributed by atoms with Gasteiger partial charge in [-0.05, 0) is 72.5 Å². The van der Waals surface area contributed by atoms with E-state index in [1.165, 1.54) is 14.2 Å². The van der Waals surface area contributed by atoms with Gasteiger partial charge in [-0.25, -0.2) is 4.79 Å². The zero-order chi connectivity index (χ0) is 31.9. The summed E-state index contributed by atoms with van der Waals surface area (Å²) in [5.41, 5.74) is 5.76. The summed E-state index contributed by atoms with van der Waals surface area (Å²) in [6.07, 6.45) is 0.116. The van der Waals surface area contributed by atoms with Crippen LogP contribution in [0.5, 0.6) is 11.5 Å². The zero-order valence-corrected chi connectivity index (χ0v) is 25.2. The first-order valence-electron chi connectivity index (χ1n) is 13.9. The summed E-state index contributed by atoms with van der Waals surface area (Å²) in [7, 11) is 2.81.